The van der Waals surface area contributed by atoms with Gasteiger partial charge in [-0.15, -0.1) is 6.58 Å². The van der Waals surface area contributed by atoms with Gasteiger partial charge in [-0.2, -0.15) is 0 Å². The van der Waals surface area contributed by atoms with Crippen LogP contribution in [-0.2, 0) is 0 Å². The van der Waals surface area contributed by atoms with E-state index >= 15 is 0 Å². The highest BCUT2D eigenvalue weighted by molar-refractivity contribution is 4.86. The van der Waals surface area contributed by atoms with Crippen LogP contribution in [0.2, 0.25) is 0 Å². The molecule has 9 heavy (non-hydrogen) atoms. The zero-order valence-electron chi connectivity index (χ0n) is 5.90. The van der Waals surface area contributed by atoms with E-state index in [-0.39, 0.29) is 0 Å². The van der Waals surface area contributed by atoms with E-state index in [1.807, 2.05) is 6.08 Å². The van der Waals surface area contributed by atoms with Gasteiger partial charge in [0.15, 0.2) is 0 Å². The molecule has 0 spiro atoms. The molecule has 0 amide bonds. The lowest BCUT2D eigenvalue weighted by Gasteiger charge is -2.08. The molecule has 0 aliphatic carbocycles. The molecule has 1 fully saturated rings. The average molecular weight is 125 g/mol. The van der Waals surface area contributed by atoms with Crippen LogP contribution < -0.4 is 5.32 Å². The first kappa shape index (κ1) is 6.81. The average Bonchev–Trinajstić information content (AvgIpc) is 2.13. The minimum atomic E-state index is 0.590. The highest BCUT2D eigenvalue weighted by Gasteiger charge is 2.05. The van der Waals surface area contributed by atoms with Gasteiger partial charge in [-0.3, -0.25) is 0 Å². The second kappa shape index (κ2) is 3.67. The Balaban J connectivity index is 2.26. The largest absolute Gasteiger partial charge is 0.311 e. The van der Waals surface area contributed by atoms with Crippen molar-refractivity contribution in [3.63, 3.8) is 0 Å². The maximum absolute atomic E-state index is 3.76. The van der Waals surface area contributed by atoms with E-state index in [1.165, 1.54) is 32.2 Å². The first-order chi connectivity index (χ1) is 4.43. The van der Waals surface area contributed by atoms with Crippen LogP contribution in [0.3, 0.4) is 0 Å². The molecule has 1 aliphatic rings. The molecule has 0 aromatic rings. The normalized spacial score (nSPS) is 29.1. The first-order valence-corrected chi connectivity index (χ1v) is 3.79. The molecule has 0 aromatic heterocycles. The van der Waals surface area contributed by atoms with E-state index in [4.69, 9.17) is 0 Å². The van der Waals surface area contributed by atoms with Crippen molar-refractivity contribution < 1.29 is 0 Å². The summed E-state index contributed by atoms with van der Waals surface area (Å²) in [6.45, 7) is 4.94. The predicted molar refractivity (Wildman–Crippen MR) is 40.5 cm³/mol. The molecule has 0 saturated carbocycles. The maximum atomic E-state index is 3.76. The van der Waals surface area contributed by atoms with Crippen molar-refractivity contribution >= 4 is 0 Å². The second-order valence-electron chi connectivity index (χ2n) is 2.65. The molecule has 1 saturated heterocycles. The van der Waals surface area contributed by atoms with Gasteiger partial charge in [0.2, 0.25) is 0 Å². The summed E-state index contributed by atoms with van der Waals surface area (Å²) in [6.07, 6.45) is 7.39. The fourth-order valence-corrected chi connectivity index (χ4v) is 1.26. The van der Waals surface area contributed by atoms with Crippen LogP contribution in [0.25, 0.3) is 0 Å². The van der Waals surface area contributed by atoms with Crippen molar-refractivity contribution in [3.05, 3.63) is 12.7 Å². The topological polar surface area (TPSA) is 12.0 Å². The standard InChI is InChI=1S/C8H15N/c1-2-8-6-4-3-5-7-9-8/h2,8-9H,1,3-7H2/t8-/m1/s1. The highest BCUT2D eigenvalue weighted by atomic mass is 14.9. The Hall–Kier alpha value is -0.300. The predicted octanol–water partition coefficient (Wildman–Crippen LogP) is 1.70. The summed E-state index contributed by atoms with van der Waals surface area (Å²) in [5, 5.41) is 3.41. The number of nitrogens with one attached hydrogen (secondary N) is 1. The maximum Gasteiger partial charge on any atom is 0.0247 e. The fourth-order valence-electron chi connectivity index (χ4n) is 1.26. The second-order valence-corrected chi connectivity index (χ2v) is 2.65. The third-order valence-electron chi connectivity index (χ3n) is 1.88. The summed E-state index contributed by atoms with van der Waals surface area (Å²) in [4.78, 5) is 0. The molecule has 1 nitrogen and oxygen atoms in total. The molecular weight excluding hydrogens is 110 g/mol. The van der Waals surface area contributed by atoms with Gasteiger partial charge >= 0.3 is 0 Å². The first-order valence-electron chi connectivity index (χ1n) is 3.79. The lowest BCUT2D eigenvalue weighted by Crippen LogP contribution is -2.25. The minimum absolute atomic E-state index is 0.590. The van der Waals surface area contributed by atoms with Gasteiger partial charge in [0.25, 0.3) is 0 Å². The molecule has 1 atom stereocenters. The number of rotatable bonds is 1. The van der Waals surface area contributed by atoms with Crippen LogP contribution in [0.15, 0.2) is 12.7 Å². The van der Waals surface area contributed by atoms with E-state index in [1.54, 1.807) is 0 Å². The summed E-state index contributed by atoms with van der Waals surface area (Å²) in [5.74, 6) is 0. The SMILES string of the molecule is C=C[C@@H]1CCCCCN1. The smallest absolute Gasteiger partial charge is 0.0247 e. The Morgan fingerprint density at radius 2 is 2.22 bits per heavy atom. The summed E-state index contributed by atoms with van der Waals surface area (Å²) in [7, 11) is 0. The number of hydrogen-bond donors (Lipinski definition) is 1. The van der Waals surface area contributed by atoms with Crippen LogP contribution in [0.5, 0.6) is 0 Å². The molecule has 0 bridgehead atoms. The third-order valence-corrected chi connectivity index (χ3v) is 1.88. The lowest BCUT2D eigenvalue weighted by molar-refractivity contribution is 0.599. The monoisotopic (exact) mass is 125 g/mol. The van der Waals surface area contributed by atoms with Crippen molar-refractivity contribution in [1.82, 2.24) is 5.32 Å². The summed E-state index contributed by atoms with van der Waals surface area (Å²) < 4.78 is 0. The quantitative estimate of drug-likeness (QED) is 0.526. The van der Waals surface area contributed by atoms with E-state index < -0.39 is 0 Å². The van der Waals surface area contributed by atoms with E-state index in [0.29, 0.717) is 6.04 Å². The molecule has 1 aliphatic heterocycles. The van der Waals surface area contributed by atoms with Gasteiger partial charge in [0.1, 0.15) is 0 Å². The van der Waals surface area contributed by atoms with Gasteiger partial charge < -0.3 is 5.32 Å². The van der Waals surface area contributed by atoms with Crippen LogP contribution >= 0.6 is 0 Å². The number of hydrogen-bond acceptors (Lipinski definition) is 1. The molecule has 0 unspecified atom stereocenters. The van der Waals surface area contributed by atoms with Crippen molar-refractivity contribution in [2.75, 3.05) is 6.54 Å². The summed E-state index contributed by atoms with van der Waals surface area (Å²) in [5.41, 5.74) is 0. The van der Waals surface area contributed by atoms with Crippen LogP contribution in [0, 0.1) is 0 Å². The van der Waals surface area contributed by atoms with Crippen molar-refractivity contribution in [3.8, 4) is 0 Å². The van der Waals surface area contributed by atoms with E-state index in [9.17, 15) is 0 Å². The van der Waals surface area contributed by atoms with Crippen molar-refractivity contribution in [2.45, 2.75) is 31.7 Å². The zero-order valence-corrected chi connectivity index (χ0v) is 5.90. The Bertz CT molecular complexity index is 80.6. The summed E-state index contributed by atoms with van der Waals surface area (Å²) >= 11 is 0. The van der Waals surface area contributed by atoms with Crippen LogP contribution in [-0.4, -0.2) is 12.6 Å². The zero-order chi connectivity index (χ0) is 6.53. The van der Waals surface area contributed by atoms with Gasteiger partial charge in [-0.1, -0.05) is 18.9 Å². The fraction of sp³-hybridized carbons (Fsp3) is 0.750. The molecule has 52 valence electrons. The van der Waals surface area contributed by atoms with Gasteiger partial charge in [-0.05, 0) is 19.4 Å². The molecule has 1 rings (SSSR count). The van der Waals surface area contributed by atoms with Gasteiger partial charge in [0.05, 0.1) is 0 Å². The molecule has 1 N–H and O–H groups in total. The van der Waals surface area contributed by atoms with Crippen LogP contribution in [0.1, 0.15) is 25.7 Å². The third kappa shape index (κ3) is 2.19. The van der Waals surface area contributed by atoms with Crippen molar-refractivity contribution in [2.24, 2.45) is 0 Å². The van der Waals surface area contributed by atoms with E-state index in [2.05, 4.69) is 11.9 Å². The Morgan fingerprint density at radius 1 is 1.33 bits per heavy atom. The Labute approximate surface area is 57.1 Å². The van der Waals surface area contributed by atoms with Gasteiger partial charge in [-0.25, -0.2) is 0 Å². The highest BCUT2D eigenvalue weighted by Crippen LogP contribution is 2.07. The van der Waals surface area contributed by atoms with Gasteiger partial charge in [0, 0.05) is 6.04 Å². The van der Waals surface area contributed by atoms with E-state index in [0.717, 1.165) is 0 Å². The molecular formula is C8H15N. The Kier molecular flexibility index (Phi) is 2.78. The molecule has 0 radical (unpaired) electrons. The summed E-state index contributed by atoms with van der Waals surface area (Å²) in [6, 6.07) is 0.590. The lowest BCUT2D eigenvalue weighted by atomic mass is 10.1. The van der Waals surface area contributed by atoms with Crippen LogP contribution in [0.4, 0.5) is 0 Å². The Morgan fingerprint density at radius 3 is 3.00 bits per heavy atom. The molecule has 1 heterocycles. The molecule has 1 heteroatoms. The van der Waals surface area contributed by atoms with Crippen molar-refractivity contribution in [1.29, 1.82) is 0 Å². The minimum Gasteiger partial charge on any atom is -0.311 e. The molecule has 0 aromatic carbocycles.